The van der Waals surface area contributed by atoms with Crippen LogP contribution in [0.25, 0.3) is 0 Å². The fourth-order valence-electron chi connectivity index (χ4n) is 3.47. The molecule has 0 atom stereocenters. The molecule has 1 aliphatic carbocycles. The van der Waals surface area contributed by atoms with E-state index in [-0.39, 0.29) is 18.6 Å². The van der Waals surface area contributed by atoms with Gasteiger partial charge in [0.25, 0.3) is 5.91 Å². The molecule has 1 amide bonds. The van der Waals surface area contributed by atoms with Gasteiger partial charge in [-0.1, -0.05) is 6.42 Å². The average Bonchev–Trinajstić information content (AvgIpc) is 2.86. The molecule has 1 fully saturated rings. The quantitative estimate of drug-likeness (QED) is 0.664. The second-order valence-electron chi connectivity index (χ2n) is 6.56. The Kier molecular flexibility index (Phi) is 6.08. The monoisotopic (exact) mass is 337 g/mol. The third-order valence-corrected chi connectivity index (χ3v) is 6.07. The van der Waals surface area contributed by atoms with Gasteiger partial charge in [0.1, 0.15) is 0 Å². The number of piperidine rings is 1. The van der Waals surface area contributed by atoms with Crippen LogP contribution in [0.5, 0.6) is 0 Å². The van der Waals surface area contributed by atoms with E-state index in [2.05, 4.69) is 6.07 Å². The topological polar surface area (TPSA) is 49.8 Å². The molecule has 1 aromatic heterocycles. The van der Waals surface area contributed by atoms with Crippen molar-refractivity contribution in [2.75, 3.05) is 26.3 Å². The summed E-state index contributed by atoms with van der Waals surface area (Å²) in [5.74, 6) is 0.205. The lowest BCUT2D eigenvalue weighted by atomic mass is 10.1. The smallest absolute Gasteiger partial charge is 0.263 e. The Morgan fingerprint density at radius 2 is 2.04 bits per heavy atom. The molecule has 3 rings (SSSR count). The molecule has 5 heteroatoms. The van der Waals surface area contributed by atoms with Gasteiger partial charge < -0.3 is 14.7 Å². The predicted octanol–water partition coefficient (Wildman–Crippen LogP) is 3.02. The Morgan fingerprint density at radius 1 is 1.26 bits per heavy atom. The van der Waals surface area contributed by atoms with Gasteiger partial charge in [-0.05, 0) is 56.6 Å². The minimum absolute atomic E-state index is 0.181. The van der Waals surface area contributed by atoms with Gasteiger partial charge in [-0.15, -0.1) is 11.3 Å². The summed E-state index contributed by atoms with van der Waals surface area (Å²) in [7, 11) is 0. The predicted molar refractivity (Wildman–Crippen MR) is 92.2 cm³/mol. The normalized spacial score (nSPS) is 19.4. The second kappa shape index (κ2) is 8.27. The summed E-state index contributed by atoms with van der Waals surface area (Å²) in [4.78, 5) is 17.1. The van der Waals surface area contributed by atoms with E-state index in [9.17, 15) is 4.79 Å². The number of nitrogens with zero attached hydrogens (tertiary/aromatic N) is 1. The highest BCUT2D eigenvalue weighted by atomic mass is 32.1. The Bertz CT molecular complexity index is 497. The van der Waals surface area contributed by atoms with E-state index >= 15 is 0 Å². The van der Waals surface area contributed by atoms with Gasteiger partial charge in [0.15, 0.2) is 0 Å². The third kappa shape index (κ3) is 4.34. The zero-order chi connectivity index (χ0) is 16.1. The number of amides is 1. The first-order valence-corrected chi connectivity index (χ1v) is 9.73. The number of thiophene rings is 1. The van der Waals surface area contributed by atoms with Crippen molar-refractivity contribution in [3.05, 3.63) is 21.4 Å². The maximum Gasteiger partial charge on any atom is 0.263 e. The van der Waals surface area contributed by atoms with Crippen LogP contribution in [-0.2, 0) is 17.6 Å². The Labute approximate surface area is 142 Å². The number of rotatable bonds is 5. The van der Waals surface area contributed by atoms with E-state index in [1.807, 2.05) is 4.90 Å². The van der Waals surface area contributed by atoms with Crippen LogP contribution in [0.4, 0.5) is 0 Å². The molecule has 1 N–H and O–H groups in total. The minimum Gasteiger partial charge on any atom is -0.396 e. The number of ether oxygens (including phenoxy) is 1. The van der Waals surface area contributed by atoms with Crippen molar-refractivity contribution < 1.29 is 14.6 Å². The average molecular weight is 337 g/mol. The van der Waals surface area contributed by atoms with Crippen LogP contribution in [0.3, 0.4) is 0 Å². The SMILES string of the molecule is O=C(c1cc2c(s1)CCCCC2)N1CCC(OCCCO)CC1. The van der Waals surface area contributed by atoms with E-state index in [0.717, 1.165) is 43.6 Å². The van der Waals surface area contributed by atoms with Crippen LogP contribution in [0.2, 0.25) is 0 Å². The van der Waals surface area contributed by atoms with Crippen LogP contribution in [0.1, 0.15) is 58.6 Å². The number of carbonyl (C=O) groups is 1. The van der Waals surface area contributed by atoms with E-state index in [4.69, 9.17) is 9.84 Å². The number of likely N-dealkylation sites (tertiary alicyclic amines) is 1. The van der Waals surface area contributed by atoms with Gasteiger partial charge in [-0.3, -0.25) is 4.79 Å². The summed E-state index contributed by atoms with van der Waals surface area (Å²) in [6.07, 6.45) is 8.86. The lowest BCUT2D eigenvalue weighted by Gasteiger charge is -2.31. The Morgan fingerprint density at radius 3 is 2.83 bits per heavy atom. The zero-order valence-electron chi connectivity index (χ0n) is 13.8. The van der Waals surface area contributed by atoms with Gasteiger partial charge in [0, 0.05) is 31.2 Å². The van der Waals surface area contributed by atoms with Gasteiger partial charge >= 0.3 is 0 Å². The number of carbonyl (C=O) groups excluding carboxylic acids is 1. The van der Waals surface area contributed by atoms with Gasteiger partial charge in [0.2, 0.25) is 0 Å². The molecule has 1 saturated heterocycles. The standard InChI is InChI=1S/C18H27NO3S/c20-11-4-12-22-15-7-9-19(10-8-15)18(21)17-13-14-5-2-1-3-6-16(14)23-17/h13,15,20H,1-12H2. The largest absolute Gasteiger partial charge is 0.396 e. The molecule has 0 bridgehead atoms. The summed E-state index contributed by atoms with van der Waals surface area (Å²) in [5.41, 5.74) is 1.41. The summed E-state index contributed by atoms with van der Waals surface area (Å²) in [5, 5.41) is 8.79. The maximum atomic E-state index is 12.7. The number of hydrogen-bond donors (Lipinski definition) is 1. The molecule has 23 heavy (non-hydrogen) atoms. The van der Waals surface area contributed by atoms with Crippen molar-refractivity contribution in [3.63, 3.8) is 0 Å². The van der Waals surface area contributed by atoms with Crippen LogP contribution in [-0.4, -0.2) is 48.3 Å². The van der Waals surface area contributed by atoms with Crippen LogP contribution in [0, 0.1) is 0 Å². The third-order valence-electron chi connectivity index (χ3n) is 4.84. The highest BCUT2D eigenvalue weighted by Gasteiger charge is 2.26. The second-order valence-corrected chi connectivity index (χ2v) is 7.70. The molecule has 128 valence electrons. The van der Waals surface area contributed by atoms with E-state index < -0.39 is 0 Å². The Hall–Kier alpha value is -0.910. The summed E-state index contributed by atoms with van der Waals surface area (Å²) in [6.45, 7) is 2.36. The molecular formula is C18H27NO3S. The van der Waals surface area contributed by atoms with E-state index in [0.29, 0.717) is 13.0 Å². The van der Waals surface area contributed by atoms with E-state index in [1.165, 1.54) is 29.7 Å². The molecule has 0 aromatic carbocycles. The molecule has 0 radical (unpaired) electrons. The zero-order valence-corrected chi connectivity index (χ0v) is 14.6. The first-order valence-electron chi connectivity index (χ1n) is 8.91. The number of aliphatic hydroxyl groups excluding tert-OH is 1. The lowest BCUT2D eigenvalue weighted by Crippen LogP contribution is -2.40. The van der Waals surface area contributed by atoms with Crippen molar-refractivity contribution in [1.82, 2.24) is 4.90 Å². The molecule has 0 unspecified atom stereocenters. The first kappa shape index (κ1) is 16.9. The van der Waals surface area contributed by atoms with Crippen molar-refractivity contribution in [2.24, 2.45) is 0 Å². The molecule has 2 heterocycles. The number of aryl methyl sites for hydroxylation is 2. The molecule has 0 saturated carbocycles. The summed E-state index contributed by atoms with van der Waals surface area (Å²) < 4.78 is 5.74. The van der Waals surface area contributed by atoms with Crippen LogP contribution < -0.4 is 0 Å². The lowest BCUT2D eigenvalue weighted by molar-refractivity contribution is 0.00409. The summed E-state index contributed by atoms with van der Waals surface area (Å²) in [6, 6.07) is 2.15. The number of aliphatic hydroxyl groups is 1. The van der Waals surface area contributed by atoms with E-state index in [1.54, 1.807) is 11.3 Å². The molecular weight excluding hydrogens is 310 g/mol. The van der Waals surface area contributed by atoms with Gasteiger partial charge in [0.05, 0.1) is 11.0 Å². The molecule has 4 nitrogen and oxygen atoms in total. The molecule has 1 aromatic rings. The van der Waals surface area contributed by atoms with Crippen LogP contribution >= 0.6 is 11.3 Å². The number of fused-ring (bicyclic) bond motifs is 1. The van der Waals surface area contributed by atoms with Crippen molar-refractivity contribution >= 4 is 17.2 Å². The van der Waals surface area contributed by atoms with Crippen molar-refractivity contribution in [1.29, 1.82) is 0 Å². The summed E-state index contributed by atoms with van der Waals surface area (Å²) >= 11 is 1.72. The highest BCUT2D eigenvalue weighted by molar-refractivity contribution is 7.14. The maximum absolute atomic E-state index is 12.7. The molecule has 0 spiro atoms. The van der Waals surface area contributed by atoms with Gasteiger partial charge in [-0.2, -0.15) is 0 Å². The fourth-order valence-corrected chi connectivity index (χ4v) is 4.69. The van der Waals surface area contributed by atoms with Crippen molar-refractivity contribution in [2.45, 2.75) is 57.5 Å². The highest BCUT2D eigenvalue weighted by Crippen LogP contribution is 2.30. The van der Waals surface area contributed by atoms with Crippen molar-refractivity contribution in [3.8, 4) is 0 Å². The minimum atomic E-state index is 0.181. The van der Waals surface area contributed by atoms with Crippen LogP contribution in [0.15, 0.2) is 6.07 Å². The molecule has 1 aliphatic heterocycles. The Balaban J connectivity index is 1.53. The fraction of sp³-hybridized carbons (Fsp3) is 0.722. The van der Waals surface area contributed by atoms with Gasteiger partial charge in [-0.25, -0.2) is 0 Å². The molecule has 2 aliphatic rings. The number of hydrogen-bond acceptors (Lipinski definition) is 4. The first-order chi connectivity index (χ1) is 11.3.